The van der Waals surface area contributed by atoms with E-state index < -0.39 is 0 Å². The molecule has 2 aromatic rings. The highest BCUT2D eigenvalue weighted by atomic mass is 15.2. The van der Waals surface area contributed by atoms with Gasteiger partial charge >= 0.3 is 0 Å². The van der Waals surface area contributed by atoms with Gasteiger partial charge in [-0.3, -0.25) is 0 Å². The van der Waals surface area contributed by atoms with Crippen molar-refractivity contribution in [2.45, 2.75) is 26.2 Å². The third-order valence-electron chi connectivity index (χ3n) is 5.60. The molecule has 2 aliphatic rings. The Morgan fingerprint density at radius 1 is 1.38 bits per heavy atom. The lowest BCUT2D eigenvalue weighted by Crippen LogP contribution is -2.57. The molecule has 2 saturated heterocycles. The summed E-state index contributed by atoms with van der Waals surface area (Å²) in [5.74, 6) is 1.96. The number of fused-ring (bicyclic) bond motifs is 2. The van der Waals surface area contributed by atoms with Gasteiger partial charge in [0.15, 0.2) is 0 Å². The highest BCUT2D eigenvalue weighted by molar-refractivity contribution is 5.87. The molecule has 0 aliphatic carbocycles. The number of H-pyrrole nitrogens is 1. The molecule has 2 unspecified atom stereocenters. The van der Waals surface area contributed by atoms with Crippen molar-refractivity contribution in [1.82, 2.24) is 20.3 Å². The molecule has 2 atom stereocenters. The first-order chi connectivity index (χ1) is 10.3. The van der Waals surface area contributed by atoms with Crippen LogP contribution in [0.25, 0.3) is 11.0 Å². The van der Waals surface area contributed by atoms with Gasteiger partial charge < -0.3 is 15.2 Å². The maximum Gasteiger partial charge on any atom is 0.142 e. The van der Waals surface area contributed by atoms with Gasteiger partial charge in [0.25, 0.3) is 0 Å². The van der Waals surface area contributed by atoms with E-state index in [2.05, 4.69) is 38.2 Å². The molecule has 2 aromatic heterocycles. The van der Waals surface area contributed by atoms with Crippen LogP contribution in [0.4, 0.5) is 5.82 Å². The van der Waals surface area contributed by atoms with E-state index >= 15 is 0 Å². The van der Waals surface area contributed by atoms with Gasteiger partial charge in [0.05, 0.1) is 5.39 Å². The number of rotatable bonds is 2. The van der Waals surface area contributed by atoms with Gasteiger partial charge in [-0.15, -0.1) is 0 Å². The summed E-state index contributed by atoms with van der Waals surface area (Å²) in [5.41, 5.74) is 1.35. The summed E-state index contributed by atoms with van der Waals surface area (Å²) in [7, 11) is 0. The number of hydrogen-bond donors (Lipinski definition) is 2. The van der Waals surface area contributed by atoms with Crippen molar-refractivity contribution >= 4 is 16.9 Å². The van der Waals surface area contributed by atoms with E-state index in [0.717, 1.165) is 42.4 Å². The van der Waals surface area contributed by atoms with Crippen molar-refractivity contribution in [1.29, 1.82) is 0 Å². The fraction of sp³-hybridized carbons (Fsp3) is 0.625. The zero-order valence-corrected chi connectivity index (χ0v) is 12.6. The molecule has 0 saturated carbocycles. The number of nitrogens with one attached hydrogen (secondary N) is 2. The van der Waals surface area contributed by atoms with Gasteiger partial charge in [0, 0.05) is 31.2 Å². The first kappa shape index (κ1) is 13.1. The molecule has 0 spiro atoms. The standard InChI is InChI=1S/C16H23N5/c1-2-16-9-17-6-3-12(16)5-8-21(10-16)15-13-4-7-18-14(13)19-11-20-15/h4,7,11-12,17H,2-3,5-6,8-10H2,1H3,(H,18,19,20). The van der Waals surface area contributed by atoms with Crippen molar-refractivity contribution in [3.8, 4) is 0 Å². The fourth-order valence-corrected chi connectivity index (χ4v) is 4.29. The third-order valence-corrected chi connectivity index (χ3v) is 5.60. The number of nitrogens with zero attached hydrogens (tertiary/aromatic N) is 3. The molecule has 0 bridgehead atoms. The molecule has 4 heterocycles. The Morgan fingerprint density at radius 2 is 2.33 bits per heavy atom. The van der Waals surface area contributed by atoms with Crippen molar-refractivity contribution in [2.24, 2.45) is 11.3 Å². The quantitative estimate of drug-likeness (QED) is 0.888. The molecular weight excluding hydrogens is 262 g/mol. The van der Waals surface area contributed by atoms with Gasteiger partial charge in [-0.05, 0) is 37.8 Å². The molecule has 5 heteroatoms. The molecule has 0 radical (unpaired) electrons. The minimum atomic E-state index is 0.407. The molecule has 0 amide bonds. The summed E-state index contributed by atoms with van der Waals surface area (Å²) in [4.78, 5) is 14.6. The van der Waals surface area contributed by atoms with Crippen LogP contribution >= 0.6 is 0 Å². The Labute approximate surface area is 125 Å². The van der Waals surface area contributed by atoms with Gasteiger partial charge in [0.1, 0.15) is 17.8 Å². The Kier molecular flexibility index (Phi) is 3.10. The third kappa shape index (κ3) is 2.02. The first-order valence-electron chi connectivity index (χ1n) is 8.06. The van der Waals surface area contributed by atoms with E-state index in [1.807, 2.05) is 6.20 Å². The Hall–Kier alpha value is -1.62. The average Bonchev–Trinajstić information content (AvgIpc) is 3.02. The molecule has 2 N–H and O–H groups in total. The second-order valence-corrected chi connectivity index (χ2v) is 6.53. The molecule has 5 nitrogen and oxygen atoms in total. The lowest BCUT2D eigenvalue weighted by molar-refractivity contribution is 0.0844. The second-order valence-electron chi connectivity index (χ2n) is 6.53. The van der Waals surface area contributed by atoms with Gasteiger partial charge in [-0.2, -0.15) is 0 Å². The summed E-state index contributed by atoms with van der Waals surface area (Å²) in [6, 6.07) is 2.09. The molecule has 4 rings (SSSR count). The van der Waals surface area contributed by atoms with Crippen molar-refractivity contribution < 1.29 is 0 Å². The van der Waals surface area contributed by atoms with Crippen LogP contribution in [0.1, 0.15) is 26.2 Å². The number of hydrogen-bond acceptors (Lipinski definition) is 4. The summed E-state index contributed by atoms with van der Waals surface area (Å²) in [6.45, 7) is 6.89. The second kappa shape index (κ2) is 4.98. The van der Waals surface area contributed by atoms with Crippen LogP contribution in [0, 0.1) is 11.3 Å². The SMILES string of the molecule is CCC12CNCCC1CCN(c1ncnc3[nH]ccc13)C2. The van der Waals surface area contributed by atoms with Crippen LogP contribution in [0.3, 0.4) is 0 Å². The van der Waals surface area contributed by atoms with E-state index in [0.29, 0.717) is 5.41 Å². The predicted molar refractivity (Wildman–Crippen MR) is 84.4 cm³/mol. The van der Waals surface area contributed by atoms with Crippen LogP contribution in [0.2, 0.25) is 0 Å². The summed E-state index contributed by atoms with van der Waals surface area (Å²) >= 11 is 0. The highest BCUT2D eigenvalue weighted by Crippen LogP contribution is 2.43. The van der Waals surface area contributed by atoms with Crippen LogP contribution < -0.4 is 10.2 Å². The van der Waals surface area contributed by atoms with E-state index in [1.165, 1.54) is 25.8 Å². The minimum absolute atomic E-state index is 0.407. The van der Waals surface area contributed by atoms with Crippen LogP contribution in [0.5, 0.6) is 0 Å². The topological polar surface area (TPSA) is 56.8 Å². The zero-order chi connectivity index (χ0) is 14.3. The average molecular weight is 285 g/mol. The van der Waals surface area contributed by atoms with E-state index in [1.54, 1.807) is 6.33 Å². The maximum atomic E-state index is 4.58. The molecule has 21 heavy (non-hydrogen) atoms. The minimum Gasteiger partial charge on any atom is -0.355 e. The molecule has 0 aromatic carbocycles. The molecule has 112 valence electrons. The highest BCUT2D eigenvalue weighted by Gasteiger charge is 2.43. The normalized spacial score (nSPS) is 29.6. The van der Waals surface area contributed by atoms with Gasteiger partial charge in [-0.1, -0.05) is 6.92 Å². The van der Waals surface area contributed by atoms with E-state index in [9.17, 15) is 0 Å². The number of aromatic amines is 1. The molecular formula is C16H23N5. The lowest BCUT2D eigenvalue weighted by atomic mass is 9.66. The largest absolute Gasteiger partial charge is 0.355 e. The Balaban J connectivity index is 1.69. The van der Waals surface area contributed by atoms with Crippen LogP contribution in [-0.4, -0.2) is 41.1 Å². The number of piperidine rings is 2. The monoisotopic (exact) mass is 285 g/mol. The van der Waals surface area contributed by atoms with Crippen LogP contribution in [0.15, 0.2) is 18.6 Å². The maximum absolute atomic E-state index is 4.58. The van der Waals surface area contributed by atoms with Gasteiger partial charge in [0.2, 0.25) is 0 Å². The van der Waals surface area contributed by atoms with Gasteiger partial charge in [-0.25, -0.2) is 9.97 Å². The van der Waals surface area contributed by atoms with E-state index in [4.69, 9.17) is 0 Å². The number of aromatic nitrogens is 3. The Bertz CT molecular complexity index is 636. The Morgan fingerprint density at radius 3 is 3.24 bits per heavy atom. The number of anilines is 1. The zero-order valence-electron chi connectivity index (χ0n) is 12.6. The smallest absolute Gasteiger partial charge is 0.142 e. The molecule has 2 fully saturated rings. The van der Waals surface area contributed by atoms with Crippen molar-refractivity contribution in [2.75, 3.05) is 31.1 Å². The van der Waals surface area contributed by atoms with E-state index in [-0.39, 0.29) is 0 Å². The van der Waals surface area contributed by atoms with Crippen molar-refractivity contribution in [3.05, 3.63) is 18.6 Å². The summed E-state index contributed by atoms with van der Waals surface area (Å²) < 4.78 is 0. The first-order valence-corrected chi connectivity index (χ1v) is 8.06. The van der Waals surface area contributed by atoms with Crippen LogP contribution in [-0.2, 0) is 0 Å². The molecule has 2 aliphatic heterocycles. The lowest BCUT2D eigenvalue weighted by Gasteiger charge is -2.51. The predicted octanol–water partition coefficient (Wildman–Crippen LogP) is 2.17. The fourth-order valence-electron chi connectivity index (χ4n) is 4.29. The summed E-state index contributed by atoms with van der Waals surface area (Å²) in [5, 5.41) is 4.76. The van der Waals surface area contributed by atoms with Crippen molar-refractivity contribution in [3.63, 3.8) is 0 Å². The summed E-state index contributed by atoms with van der Waals surface area (Å²) in [6.07, 6.45) is 7.48.